The molecular weight excluding hydrogens is 319 g/mol. The van der Waals surface area contributed by atoms with Crippen LogP contribution in [0.3, 0.4) is 0 Å². The lowest BCUT2D eigenvalue weighted by molar-refractivity contribution is -0.383. The average molecular weight is 325 g/mol. The van der Waals surface area contributed by atoms with Crippen LogP contribution < -0.4 is 5.56 Å². The van der Waals surface area contributed by atoms with Gasteiger partial charge in [-0.25, -0.2) is 4.39 Å². The van der Waals surface area contributed by atoms with E-state index >= 15 is 0 Å². The van der Waals surface area contributed by atoms with Gasteiger partial charge >= 0.3 is 5.69 Å². The van der Waals surface area contributed by atoms with E-state index in [4.69, 9.17) is 11.6 Å². The van der Waals surface area contributed by atoms with Crippen molar-refractivity contribution in [2.75, 3.05) is 0 Å². The summed E-state index contributed by atoms with van der Waals surface area (Å²) in [5.74, 6) is -0.551. The molecule has 0 radical (unpaired) electrons. The smallest absolute Gasteiger partial charge is 0.303 e. The van der Waals surface area contributed by atoms with Gasteiger partial charge in [-0.1, -0.05) is 17.7 Å². The molecule has 0 bridgehead atoms. The van der Waals surface area contributed by atoms with Crippen molar-refractivity contribution in [3.63, 3.8) is 0 Å². The molecule has 0 saturated carbocycles. The molecule has 1 N–H and O–H groups in total. The van der Waals surface area contributed by atoms with E-state index in [0.29, 0.717) is 10.4 Å². The fourth-order valence-electron chi connectivity index (χ4n) is 1.95. The zero-order valence-corrected chi connectivity index (χ0v) is 11.8. The highest BCUT2D eigenvalue weighted by Crippen LogP contribution is 2.37. The molecule has 0 fully saturated rings. The van der Waals surface area contributed by atoms with Gasteiger partial charge in [0.25, 0.3) is 5.56 Å². The highest BCUT2D eigenvalue weighted by Gasteiger charge is 2.18. The molecule has 0 atom stereocenters. The van der Waals surface area contributed by atoms with Crippen molar-refractivity contribution in [1.29, 1.82) is 0 Å². The molecular formula is C13H6ClFN2O3S. The van der Waals surface area contributed by atoms with E-state index in [1.54, 1.807) is 0 Å². The number of fused-ring (bicyclic) bond motifs is 1. The predicted molar refractivity (Wildman–Crippen MR) is 79.5 cm³/mol. The number of thiophene rings is 1. The van der Waals surface area contributed by atoms with Gasteiger partial charge in [0, 0.05) is 4.88 Å². The van der Waals surface area contributed by atoms with Gasteiger partial charge in [-0.2, -0.15) is 0 Å². The van der Waals surface area contributed by atoms with E-state index in [9.17, 15) is 19.3 Å². The Balaban J connectivity index is 2.28. The number of nitro groups is 1. The number of pyridine rings is 1. The molecule has 0 amide bonds. The van der Waals surface area contributed by atoms with Crippen LogP contribution in [0.25, 0.3) is 20.5 Å². The standard InChI is InChI=1S/C13H6ClFN2O3S/c14-8-3-6(1-2-9(8)15)11-4-7-12(21-11)10(17(19)20)5-16-13(7)18/h1-5H,(H,16,18). The van der Waals surface area contributed by atoms with Gasteiger partial charge in [-0.3, -0.25) is 14.9 Å². The average Bonchev–Trinajstić information content (AvgIpc) is 2.87. The Morgan fingerprint density at radius 2 is 2.10 bits per heavy atom. The number of H-pyrrole nitrogens is 1. The van der Waals surface area contributed by atoms with Crippen molar-refractivity contribution in [3.8, 4) is 10.4 Å². The number of halogens is 2. The van der Waals surface area contributed by atoms with Crippen LogP contribution in [0.15, 0.2) is 35.3 Å². The Kier molecular flexibility index (Phi) is 3.23. The minimum absolute atomic E-state index is 0.0478. The highest BCUT2D eigenvalue weighted by molar-refractivity contribution is 7.22. The van der Waals surface area contributed by atoms with E-state index in [2.05, 4.69) is 4.98 Å². The maximum atomic E-state index is 13.2. The van der Waals surface area contributed by atoms with Crippen LogP contribution >= 0.6 is 22.9 Å². The summed E-state index contributed by atoms with van der Waals surface area (Å²) in [5.41, 5.74) is 0.0108. The Bertz CT molecular complexity index is 935. The Hall–Kier alpha value is -2.25. The molecule has 5 nitrogen and oxygen atoms in total. The number of nitrogens with zero attached hydrogens (tertiary/aromatic N) is 1. The lowest BCUT2D eigenvalue weighted by Crippen LogP contribution is -2.05. The van der Waals surface area contributed by atoms with Crippen LogP contribution in [0.2, 0.25) is 5.02 Å². The first-order valence-electron chi connectivity index (χ1n) is 5.72. The number of aromatic amines is 1. The molecule has 2 heterocycles. The predicted octanol–water partition coefficient (Wildman–Crippen LogP) is 3.96. The molecule has 2 aromatic heterocycles. The number of benzene rings is 1. The van der Waals surface area contributed by atoms with Gasteiger partial charge < -0.3 is 4.98 Å². The summed E-state index contributed by atoms with van der Waals surface area (Å²) in [5, 5.41) is 11.2. The second-order valence-electron chi connectivity index (χ2n) is 4.24. The van der Waals surface area contributed by atoms with Crippen molar-refractivity contribution >= 4 is 38.7 Å². The van der Waals surface area contributed by atoms with Gasteiger partial charge in [-0.15, -0.1) is 11.3 Å². The van der Waals surface area contributed by atoms with E-state index in [1.165, 1.54) is 24.3 Å². The lowest BCUT2D eigenvalue weighted by atomic mass is 10.1. The fraction of sp³-hybridized carbons (Fsp3) is 0. The summed E-state index contributed by atoms with van der Waals surface area (Å²) < 4.78 is 13.5. The largest absolute Gasteiger partial charge is 0.322 e. The Morgan fingerprint density at radius 1 is 1.33 bits per heavy atom. The van der Waals surface area contributed by atoms with Crippen LogP contribution in [0.4, 0.5) is 10.1 Å². The molecule has 8 heteroatoms. The van der Waals surface area contributed by atoms with Crippen molar-refractivity contribution in [1.82, 2.24) is 4.98 Å². The molecule has 3 aromatic rings. The van der Waals surface area contributed by atoms with Crippen molar-refractivity contribution in [2.45, 2.75) is 0 Å². The lowest BCUT2D eigenvalue weighted by Gasteiger charge is -1.98. The first kappa shape index (κ1) is 13.7. The van der Waals surface area contributed by atoms with E-state index in [1.807, 2.05) is 0 Å². The maximum Gasteiger partial charge on any atom is 0.303 e. The molecule has 3 rings (SSSR count). The van der Waals surface area contributed by atoms with Gasteiger partial charge in [0.2, 0.25) is 0 Å². The summed E-state index contributed by atoms with van der Waals surface area (Å²) in [4.78, 5) is 25.1. The summed E-state index contributed by atoms with van der Waals surface area (Å²) in [6.07, 6.45) is 1.07. The zero-order valence-electron chi connectivity index (χ0n) is 10.2. The molecule has 0 aliphatic carbocycles. The van der Waals surface area contributed by atoms with Gasteiger partial charge in [0.1, 0.15) is 10.5 Å². The molecule has 0 aliphatic rings. The topological polar surface area (TPSA) is 76.0 Å². The molecule has 21 heavy (non-hydrogen) atoms. The minimum atomic E-state index is -0.559. The van der Waals surface area contributed by atoms with Gasteiger partial charge in [0.05, 0.1) is 21.5 Å². The molecule has 1 aromatic carbocycles. The third-order valence-electron chi connectivity index (χ3n) is 2.95. The third kappa shape index (κ3) is 2.30. The Labute approximate surface area is 125 Å². The van der Waals surface area contributed by atoms with Crippen LogP contribution in [0, 0.1) is 15.9 Å². The number of hydrogen-bond donors (Lipinski definition) is 1. The molecule has 0 spiro atoms. The normalized spacial score (nSPS) is 11.0. The highest BCUT2D eigenvalue weighted by atomic mass is 35.5. The number of aromatic nitrogens is 1. The minimum Gasteiger partial charge on any atom is -0.322 e. The second kappa shape index (κ2) is 4.94. The van der Waals surface area contributed by atoms with Gasteiger partial charge in [-0.05, 0) is 23.8 Å². The van der Waals surface area contributed by atoms with Crippen molar-refractivity contribution in [3.05, 3.63) is 61.8 Å². The van der Waals surface area contributed by atoms with Crippen LogP contribution in [-0.4, -0.2) is 9.91 Å². The van der Waals surface area contributed by atoms with Gasteiger partial charge in [0.15, 0.2) is 0 Å². The van der Waals surface area contributed by atoms with Crippen molar-refractivity contribution < 1.29 is 9.31 Å². The number of rotatable bonds is 2. The summed E-state index contributed by atoms with van der Waals surface area (Å²) in [7, 11) is 0. The summed E-state index contributed by atoms with van der Waals surface area (Å²) in [6.45, 7) is 0. The summed E-state index contributed by atoms with van der Waals surface area (Å²) in [6, 6.07) is 5.67. The van der Waals surface area contributed by atoms with Crippen LogP contribution in [-0.2, 0) is 0 Å². The van der Waals surface area contributed by atoms with Crippen LogP contribution in [0.5, 0.6) is 0 Å². The van der Waals surface area contributed by atoms with E-state index < -0.39 is 16.3 Å². The van der Waals surface area contributed by atoms with Crippen molar-refractivity contribution in [2.24, 2.45) is 0 Å². The molecule has 0 unspecified atom stereocenters. The second-order valence-corrected chi connectivity index (χ2v) is 5.70. The first-order chi connectivity index (χ1) is 9.97. The summed E-state index contributed by atoms with van der Waals surface area (Å²) >= 11 is 6.82. The fourth-order valence-corrected chi connectivity index (χ4v) is 3.28. The molecule has 0 aliphatic heterocycles. The number of hydrogen-bond acceptors (Lipinski definition) is 4. The molecule has 106 valence electrons. The third-order valence-corrected chi connectivity index (χ3v) is 4.45. The quantitative estimate of drug-likeness (QED) is 0.572. The maximum absolute atomic E-state index is 13.2. The molecule has 0 saturated heterocycles. The first-order valence-corrected chi connectivity index (χ1v) is 6.92. The van der Waals surface area contributed by atoms with Crippen LogP contribution in [0.1, 0.15) is 0 Å². The Morgan fingerprint density at radius 3 is 2.76 bits per heavy atom. The monoisotopic (exact) mass is 324 g/mol. The van der Waals surface area contributed by atoms with E-state index in [-0.39, 0.29) is 20.8 Å². The SMILES string of the molecule is O=c1[nH]cc([N+](=O)[O-])c2sc(-c3ccc(F)c(Cl)c3)cc12. The number of nitrogens with one attached hydrogen (secondary N) is 1. The zero-order chi connectivity index (χ0) is 15.1. The van der Waals surface area contributed by atoms with E-state index in [0.717, 1.165) is 17.5 Å².